The molecule has 2 aliphatic heterocycles. The lowest BCUT2D eigenvalue weighted by molar-refractivity contribution is -0.0783. The maximum atomic E-state index is 10.4. The molecular weight excluding hydrogens is 548 g/mol. The smallest absolute Gasteiger partial charge is 0.142 e. The Balaban J connectivity index is 1.45. The second-order valence-electron chi connectivity index (χ2n) is 11.4. The van der Waals surface area contributed by atoms with Gasteiger partial charge in [0.1, 0.15) is 18.1 Å². The van der Waals surface area contributed by atoms with Crippen molar-refractivity contribution in [2.24, 2.45) is 0 Å². The maximum absolute atomic E-state index is 10.4. The summed E-state index contributed by atoms with van der Waals surface area (Å²) >= 11 is 0. The van der Waals surface area contributed by atoms with Gasteiger partial charge in [-0.2, -0.15) is 0 Å². The molecule has 9 nitrogen and oxygen atoms in total. The summed E-state index contributed by atoms with van der Waals surface area (Å²) in [6.07, 6.45) is 3.86. The number of unbranched alkanes of at least 4 members (excludes halogenated alkanes) is 1. The zero-order chi connectivity index (χ0) is 30.3. The molecule has 2 heterocycles. The Morgan fingerprint density at radius 3 is 2.47 bits per heavy atom. The van der Waals surface area contributed by atoms with Crippen molar-refractivity contribution in [2.45, 2.75) is 69.9 Å². The van der Waals surface area contributed by atoms with Gasteiger partial charge < -0.3 is 43.7 Å². The van der Waals surface area contributed by atoms with Crippen LogP contribution < -0.4 is 19.7 Å². The number of nitrogens with zero attached hydrogens (tertiary/aromatic N) is 1. The molecule has 0 aliphatic carbocycles. The minimum atomic E-state index is -0.467. The summed E-state index contributed by atoms with van der Waals surface area (Å²) in [4.78, 5) is 2.37. The first-order valence-corrected chi connectivity index (χ1v) is 16.0. The van der Waals surface area contributed by atoms with E-state index >= 15 is 0 Å². The average Bonchev–Trinajstić information content (AvgIpc) is 3.03. The molecule has 0 radical (unpaired) electrons. The van der Waals surface area contributed by atoms with Crippen LogP contribution in [0.4, 0.5) is 5.69 Å². The summed E-state index contributed by atoms with van der Waals surface area (Å²) in [5.41, 5.74) is 3.38. The fourth-order valence-electron chi connectivity index (χ4n) is 5.84. The molecule has 2 aromatic rings. The van der Waals surface area contributed by atoms with Gasteiger partial charge >= 0.3 is 0 Å². The van der Waals surface area contributed by atoms with E-state index in [2.05, 4.69) is 47.5 Å². The molecule has 240 valence electrons. The van der Waals surface area contributed by atoms with Gasteiger partial charge in [-0.05, 0) is 61.1 Å². The zero-order valence-electron chi connectivity index (χ0n) is 26.3. The first kappa shape index (κ1) is 33.5. The van der Waals surface area contributed by atoms with E-state index in [4.69, 9.17) is 28.4 Å². The molecule has 9 heteroatoms. The average molecular weight is 601 g/mol. The van der Waals surface area contributed by atoms with Crippen LogP contribution in [0, 0.1) is 0 Å². The molecule has 4 rings (SSSR count). The lowest BCUT2D eigenvalue weighted by Crippen LogP contribution is -2.51. The first-order chi connectivity index (χ1) is 21.1. The van der Waals surface area contributed by atoms with Gasteiger partial charge in [-0.3, -0.25) is 0 Å². The molecule has 2 aromatic carbocycles. The highest BCUT2D eigenvalue weighted by Crippen LogP contribution is 2.35. The van der Waals surface area contributed by atoms with Crippen LogP contribution in [-0.2, 0) is 25.6 Å². The molecular formula is C34H52N2O7. The second-order valence-corrected chi connectivity index (χ2v) is 11.4. The number of nitrogens with one attached hydrogen (secondary N) is 1. The van der Waals surface area contributed by atoms with Gasteiger partial charge in [0.05, 0.1) is 50.4 Å². The monoisotopic (exact) mass is 600 g/mol. The summed E-state index contributed by atoms with van der Waals surface area (Å²) in [5.74, 6) is 1.79. The Morgan fingerprint density at radius 2 is 1.70 bits per heavy atom. The van der Waals surface area contributed by atoms with Crippen molar-refractivity contribution in [1.29, 1.82) is 0 Å². The molecule has 0 bridgehead atoms. The van der Waals surface area contributed by atoms with E-state index in [0.29, 0.717) is 33.0 Å². The highest BCUT2D eigenvalue weighted by molar-refractivity contribution is 5.61. The van der Waals surface area contributed by atoms with Gasteiger partial charge in [0, 0.05) is 53.0 Å². The van der Waals surface area contributed by atoms with Crippen LogP contribution in [0.2, 0.25) is 0 Å². The Hall–Kier alpha value is -2.40. The van der Waals surface area contributed by atoms with Gasteiger partial charge in [0.25, 0.3) is 0 Å². The highest BCUT2D eigenvalue weighted by atomic mass is 16.5. The highest BCUT2D eigenvalue weighted by Gasteiger charge is 2.36. The molecule has 1 fully saturated rings. The third-order valence-corrected chi connectivity index (χ3v) is 8.12. The molecule has 0 spiro atoms. The van der Waals surface area contributed by atoms with Crippen molar-refractivity contribution in [2.75, 3.05) is 78.3 Å². The molecule has 0 unspecified atom stereocenters. The van der Waals surface area contributed by atoms with Crippen molar-refractivity contribution < 1.29 is 33.5 Å². The van der Waals surface area contributed by atoms with E-state index in [1.165, 1.54) is 0 Å². The van der Waals surface area contributed by atoms with Crippen LogP contribution >= 0.6 is 0 Å². The molecule has 0 amide bonds. The fourth-order valence-corrected chi connectivity index (χ4v) is 5.84. The van der Waals surface area contributed by atoms with E-state index in [9.17, 15) is 5.11 Å². The van der Waals surface area contributed by atoms with E-state index in [1.807, 2.05) is 12.1 Å². The number of aliphatic hydroxyl groups is 1. The largest absolute Gasteiger partial charge is 0.494 e. The van der Waals surface area contributed by atoms with Gasteiger partial charge in [0.15, 0.2) is 0 Å². The minimum absolute atomic E-state index is 0.0114. The molecule has 0 aromatic heterocycles. The van der Waals surface area contributed by atoms with Crippen molar-refractivity contribution in [3.05, 3.63) is 53.6 Å². The molecule has 2 N–H and O–H groups in total. The summed E-state index contributed by atoms with van der Waals surface area (Å²) < 4.78 is 35.3. The molecule has 0 saturated carbocycles. The Kier molecular flexibility index (Phi) is 14.3. The lowest BCUT2D eigenvalue weighted by Gasteiger charge is -2.39. The third-order valence-electron chi connectivity index (χ3n) is 8.12. The number of piperidine rings is 1. The van der Waals surface area contributed by atoms with E-state index in [-0.39, 0.29) is 18.1 Å². The summed E-state index contributed by atoms with van der Waals surface area (Å²) in [7, 11) is 3.47. The quantitative estimate of drug-likeness (QED) is 0.226. The Labute approximate surface area is 257 Å². The van der Waals surface area contributed by atoms with Crippen molar-refractivity contribution >= 4 is 5.69 Å². The van der Waals surface area contributed by atoms with Gasteiger partial charge in [-0.1, -0.05) is 31.5 Å². The van der Waals surface area contributed by atoms with Gasteiger partial charge in [-0.25, -0.2) is 0 Å². The van der Waals surface area contributed by atoms with Gasteiger partial charge in [-0.15, -0.1) is 0 Å². The SMILES string of the molecule is CCC[C@@H](O)CO[C@@H]1CNC[C@H](OCc2ccc3c(c2)N(CCCOC)CCO3)[C@H]1c1ccc(OCCCCOC)cc1. The number of rotatable bonds is 19. The van der Waals surface area contributed by atoms with E-state index < -0.39 is 6.10 Å². The van der Waals surface area contributed by atoms with Crippen molar-refractivity contribution in [1.82, 2.24) is 5.32 Å². The van der Waals surface area contributed by atoms with Crippen LogP contribution in [0.3, 0.4) is 0 Å². The number of hydrogen-bond acceptors (Lipinski definition) is 9. The summed E-state index contributed by atoms with van der Waals surface area (Å²) in [5, 5.41) is 13.9. The molecule has 2 aliphatic rings. The van der Waals surface area contributed by atoms with Crippen LogP contribution in [-0.4, -0.2) is 96.9 Å². The number of fused-ring (bicyclic) bond motifs is 1. The van der Waals surface area contributed by atoms with Crippen molar-refractivity contribution in [3.8, 4) is 11.5 Å². The van der Waals surface area contributed by atoms with Crippen LogP contribution in [0.15, 0.2) is 42.5 Å². The standard InChI is InChI=1S/C34H52N2O7/c1-4-8-28(37)25-43-33-23-35-22-32(34(33)27-10-12-29(13-11-27)40-19-6-5-17-38-2)42-24-26-9-14-31-30(21-26)36(16-20-41-31)15-7-18-39-3/h9-14,21,28,32-35,37H,4-8,15-20,22-25H2,1-3H3/t28-,32+,33-,34-/m1/s1. The predicted octanol–water partition coefficient (Wildman–Crippen LogP) is 4.55. The predicted molar refractivity (Wildman–Crippen MR) is 169 cm³/mol. The number of aliphatic hydroxyl groups excluding tert-OH is 1. The van der Waals surface area contributed by atoms with Crippen LogP contribution in [0.5, 0.6) is 11.5 Å². The van der Waals surface area contributed by atoms with Crippen molar-refractivity contribution in [3.63, 3.8) is 0 Å². The topological polar surface area (TPSA) is 90.9 Å². The van der Waals surface area contributed by atoms with Crippen LogP contribution in [0.25, 0.3) is 0 Å². The first-order valence-electron chi connectivity index (χ1n) is 16.0. The second kappa shape index (κ2) is 18.4. The third kappa shape index (κ3) is 10.3. The number of methoxy groups -OCH3 is 2. The summed E-state index contributed by atoms with van der Waals surface area (Å²) in [6, 6.07) is 14.7. The number of ether oxygens (including phenoxy) is 6. The zero-order valence-corrected chi connectivity index (χ0v) is 26.3. The molecule has 1 saturated heterocycles. The van der Waals surface area contributed by atoms with Crippen LogP contribution in [0.1, 0.15) is 56.1 Å². The number of hydrogen-bond donors (Lipinski definition) is 2. The number of anilines is 1. The Morgan fingerprint density at radius 1 is 0.953 bits per heavy atom. The van der Waals surface area contributed by atoms with E-state index in [0.717, 1.165) is 93.3 Å². The van der Waals surface area contributed by atoms with Gasteiger partial charge in [0.2, 0.25) is 0 Å². The Bertz CT molecular complexity index is 1050. The minimum Gasteiger partial charge on any atom is -0.494 e. The fraction of sp³-hybridized carbons (Fsp3) is 0.647. The number of benzene rings is 2. The molecule has 4 atom stereocenters. The normalized spacial score (nSPS) is 20.8. The molecule has 43 heavy (non-hydrogen) atoms. The lowest BCUT2D eigenvalue weighted by atomic mass is 9.85. The summed E-state index contributed by atoms with van der Waals surface area (Å²) in [6.45, 7) is 8.94. The maximum Gasteiger partial charge on any atom is 0.142 e. The van der Waals surface area contributed by atoms with E-state index in [1.54, 1.807) is 14.2 Å².